The SMILES string of the molecule is c1ccc(-c2cccc(-c3ccc(N(c4cccc(-c5cccc6c7ccccc7n(-c7ccccc7)c56)c4)c4cccc(-c5ccccc5)c4-c4ccccc4-c4ccccc4)cc3)c2)cc1. The van der Waals surface area contributed by atoms with E-state index in [9.17, 15) is 0 Å². The zero-order valence-corrected chi connectivity index (χ0v) is 37.5. The molecule has 0 aliphatic heterocycles. The van der Waals surface area contributed by atoms with Gasteiger partial charge in [0.05, 0.1) is 16.7 Å². The van der Waals surface area contributed by atoms with E-state index in [2.05, 4.69) is 289 Å². The third-order valence-electron chi connectivity index (χ3n) is 13.2. The van der Waals surface area contributed by atoms with Crippen molar-refractivity contribution in [2.75, 3.05) is 4.90 Å². The molecule has 0 amide bonds. The Morgan fingerprint density at radius 1 is 0.265 bits per heavy atom. The molecule has 11 aromatic carbocycles. The van der Waals surface area contributed by atoms with Crippen molar-refractivity contribution in [3.8, 4) is 72.4 Å². The van der Waals surface area contributed by atoms with Crippen molar-refractivity contribution in [3.05, 3.63) is 279 Å². The van der Waals surface area contributed by atoms with E-state index in [0.717, 1.165) is 45.0 Å². The minimum absolute atomic E-state index is 1.06. The van der Waals surface area contributed by atoms with E-state index >= 15 is 0 Å². The van der Waals surface area contributed by atoms with Gasteiger partial charge < -0.3 is 9.47 Å². The third-order valence-corrected chi connectivity index (χ3v) is 13.2. The lowest BCUT2D eigenvalue weighted by molar-refractivity contribution is 1.18. The molecule has 0 saturated heterocycles. The normalized spacial score (nSPS) is 11.2. The summed E-state index contributed by atoms with van der Waals surface area (Å²) in [6.45, 7) is 0. The van der Waals surface area contributed by atoms with Crippen molar-refractivity contribution in [3.63, 3.8) is 0 Å². The van der Waals surface area contributed by atoms with Gasteiger partial charge in [0.1, 0.15) is 0 Å². The molecule has 0 fully saturated rings. The molecule has 12 aromatic rings. The first-order valence-electron chi connectivity index (χ1n) is 23.3. The van der Waals surface area contributed by atoms with Gasteiger partial charge in [-0.15, -0.1) is 0 Å². The predicted octanol–water partition coefficient (Wildman–Crippen LogP) is 18.3. The van der Waals surface area contributed by atoms with Crippen molar-refractivity contribution in [2.45, 2.75) is 0 Å². The molecule has 2 heteroatoms. The Hall–Kier alpha value is -8.98. The summed E-state index contributed by atoms with van der Waals surface area (Å²) in [4.78, 5) is 2.46. The number of rotatable bonds is 10. The molecule has 0 saturated carbocycles. The number of hydrogen-bond donors (Lipinski definition) is 0. The van der Waals surface area contributed by atoms with Crippen LogP contribution in [0.5, 0.6) is 0 Å². The molecule has 0 unspecified atom stereocenters. The number of anilines is 3. The molecular formula is C66H46N2. The van der Waals surface area contributed by atoms with Crippen molar-refractivity contribution in [1.29, 1.82) is 0 Å². The topological polar surface area (TPSA) is 8.17 Å². The maximum atomic E-state index is 2.46. The summed E-state index contributed by atoms with van der Waals surface area (Å²) in [6, 6.07) is 101. The van der Waals surface area contributed by atoms with Crippen LogP contribution in [0.1, 0.15) is 0 Å². The second kappa shape index (κ2) is 17.8. The Morgan fingerprint density at radius 3 is 1.47 bits per heavy atom. The van der Waals surface area contributed by atoms with E-state index in [1.807, 2.05) is 0 Å². The van der Waals surface area contributed by atoms with Crippen LogP contribution in [0.4, 0.5) is 17.1 Å². The fourth-order valence-corrected chi connectivity index (χ4v) is 10.1. The second-order valence-corrected chi connectivity index (χ2v) is 17.2. The van der Waals surface area contributed by atoms with E-state index in [1.54, 1.807) is 0 Å². The Balaban J connectivity index is 1.09. The van der Waals surface area contributed by atoms with Crippen LogP contribution >= 0.6 is 0 Å². The van der Waals surface area contributed by atoms with Crippen molar-refractivity contribution in [1.82, 2.24) is 4.57 Å². The maximum absolute atomic E-state index is 2.46. The lowest BCUT2D eigenvalue weighted by Gasteiger charge is -2.30. The van der Waals surface area contributed by atoms with Crippen molar-refractivity contribution in [2.24, 2.45) is 0 Å². The van der Waals surface area contributed by atoms with Gasteiger partial charge in [-0.3, -0.25) is 0 Å². The summed E-state index contributed by atoms with van der Waals surface area (Å²) in [5.41, 5.74) is 20.8. The Labute approximate surface area is 397 Å². The van der Waals surface area contributed by atoms with Gasteiger partial charge in [0.25, 0.3) is 0 Å². The molecule has 0 atom stereocenters. The van der Waals surface area contributed by atoms with Crippen molar-refractivity contribution >= 4 is 38.9 Å². The minimum Gasteiger partial charge on any atom is -0.310 e. The van der Waals surface area contributed by atoms with Gasteiger partial charge >= 0.3 is 0 Å². The van der Waals surface area contributed by atoms with E-state index in [1.165, 1.54) is 66.3 Å². The van der Waals surface area contributed by atoms with E-state index in [4.69, 9.17) is 0 Å². The Morgan fingerprint density at radius 2 is 0.750 bits per heavy atom. The molecule has 0 radical (unpaired) electrons. The predicted molar refractivity (Wildman–Crippen MR) is 288 cm³/mol. The quantitative estimate of drug-likeness (QED) is 0.133. The van der Waals surface area contributed by atoms with Gasteiger partial charge in [-0.05, 0) is 110 Å². The van der Waals surface area contributed by atoms with Gasteiger partial charge in [-0.2, -0.15) is 0 Å². The van der Waals surface area contributed by atoms with E-state index in [0.29, 0.717) is 0 Å². The number of para-hydroxylation sites is 3. The number of benzene rings is 11. The molecule has 1 heterocycles. The summed E-state index contributed by atoms with van der Waals surface area (Å²) in [7, 11) is 0. The molecule has 0 spiro atoms. The highest BCUT2D eigenvalue weighted by Crippen LogP contribution is 2.49. The summed E-state index contributed by atoms with van der Waals surface area (Å²) in [6.07, 6.45) is 0. The number of nitrogens with zero attached hydrogens (tertiary/aromatic N) is 2. The molecule has 2 nitrogen and oxygen atoms in total. The van der Waals surface area contributed by atoms with Crippen LogP contribution < -0.4 is 4.90 Å². The molecular weight excluding hydrogens is 821 g/mol. The lowest BCUT2D eigenvalue weighted by atomic mass is 9.87. The van der Waals surface area contributed by atoms with E-state index < -0.39 is 0 Å². The van der Waals surface area contributed by atoms with Crippen LogP contribution in [-0.4, -0.2) is 4.57 Å². The molecule has 1 aromatic heterocycles. The average molecular weight is 867 g/mol. The van der Waals surface area contributed by atoms with Crippen LogP contribution in [0.25, 0.3) is 94.3 Å². The Bertz CT molecular complexity index is 3710. The van der Waals surface area contributed by atoms with Gasteiger partial charge in [-0.25, -0.2) is 0 Å². The van der Waals surface area contributed by atoms with Gasteiger partial charge in [0.15, 0.2) is 0 Å². The Kier molecular flexibility index (Phi) is 10.6. The number of hydrogen-bond acceptors (Lipinski definition) is 1. The molecule has 320 valence electrons. The summed E-state index contributed by atoms with van der Waals surface area (Å²) in [5, 5.41) is 2.46. The minimum atomic E-state index is 1.06. The average Bonchev–Trinajstić information content (AvgIpc) is 3.77. The highest BCUT2D eigenvalue weighted by Gasteiger charge is 2.24. The van der Waals surface area contributed by atoms with E-state index in [-0.39, 0.29) is 0 Å². The first-order valence-corrected chi connectivity index (χ1v) is 23.3. The van der Waals surface area contributed by atoms with Crippen LogP contribution in [0, 0.1) is 0 Å². The van der Waals surface area contributed by atoms with Crippen LogP contribution in [0.15, 0.2) is 279 Å². The van der Waals surface area contributed by atoms with Crippen LogP contribution in [-0.2, 0) is 0 Å². The molecule has 0 bridgehead atoms. The first kappa shape index (κ1) is 40.5. The maximum Gasteiger partial charge on any atom is 0.0619 e. The highest BCUT2D eigenvalue weighted by atomic mass is 15.1. The first-order chi connectivity index (χ1) is 33.8. The van der Waals surface area contributed by atoms with Gasteiger partial charge in [0.2, 0.25) is 0 Å². The highest BCUT2D eigenvalue weighted by molar-refractivity contribution is 6.14. The van der Waals surface area contributed by atoms with Crippen molar-refractivity contribution < 1.29 is 0 Å². The largest absolute Gasteiger partial charge is 0.310 e. The molecule has 0 aliphatic rings. The fourth-order valence-electron chi connectivity index (χ4n) is 10.1. The fraction of sp³-hybridized carbons (Fsp3) is 0. The number of aromatic nitrogens is 1. The van der Waals surface area contributed by atoms with Crippen LogP contribution in [0.3, 0.4) is 0 Å². The third kappa shape index (κ3) is 7.45. The summed E-state index contributed by atoms with van der Waals surface area (Å²) < 4.78 is 2.43. The monoisotopic (exact) mass is 866 g/mol. The summed E-state index contributed by atoms with van der Waals surface area (Å²) >= 11 is 0. The zero-order chi connectivity index (χ0) is 45.2. The van der Waals surface area contributed by atoms with Crippen LogP contribution in [0.2, 0.25) is 0 Å². The second-order valence-electron chi connectivity index (χ2n) is 17.2. The standard InChI is InChI=1S/C66H46N2/c1-5-21-47(22-6-1)51-27-17-28-52(45-51)48-41-43-55(44-42-48)67(64-40-20-36-58(50-25-9-3-10-26-50)65(64)61-35-14-13-33-57(61)49-23-7-2-8-24-49)56-32-18-29-53(46-56)59-37-19-38-62-60-34-15-16-39-63(60)68(66(59)62)54-30-11-4-12-31-54/h1-46H. The van der Waals surface area contributed by atoms with Gasteiger partial charge in [-0.1, -0.05) is 224 Å². The van der Waals surface area contributed by atoms with Gasteiger partial charge in [0, 0.05) is 39.0 Å². The smallest absolute Gasteiger partial charge is 0.0619 e. The number of fused-ring (bicyclic) bond motifs is 3. The summed E-state index contributed by atoms with van der Waals surface area (Å²) in [5.74, 6) is 0. The molecule has 12 rings (SSSR count). The molecule has 68 heavy (non-hydrogen) atoms. The lowest BCUT2D eigenvalue weighted by Crippen LogP contribution is -2.12. The molecule has 0 N–H and O–H groups in total. The molecule has 0 aliphatic carbocycles. The zero-order valence-electron chi connectivity index (χ0n) is 37.5.